The fourth-order valence-electron chi connectivity index (χ4n) is 2.24. The summed E-state index contributed by atoms with van der Waals surface area (Å²) < 4.78 is 6.73. The quantitative estimate of drug-likeness (QED) is 0.814. The minimum atomic E-state index is 0.101. The topological polar surface area (TPSA) is 21.3 Å². The normalized spacial score (nSPS) is 22.4. The molecule has 0 fully saturated rings. The lowest BCUT2D eigenvalue weighted by Gasteiger charge is -2.17. The summed E-state index contributed by atoms with van der Waals surface area (Å²) in [6.45, 7) is 2.14. The van der Waals surface area contributed by atoms with Crippen LogP contribution in [0.3, 0.4) is 0 Å². The molecule has 0 spiro atoms. The smallest absolute Gasteiger partial charge is 0.144 e. The first-order valence-corrected chi connectivity index (χ1v) is 7.16. The van der Waals surface area contributed by atoms with Gasteiger partial charge in [0.1, 0.15) is 11.9 Å². The minimum Gasteiger partial charge on any atom is -0.486 e. The first-order chi connectivity index (χ1) is 8.10. The van der Waals surface area contributed by atoms with E-state index in [1.54, 1.807) is 6.07 Å². The number of benzene rings is 1. The summed E-state index contributed by atoms with van der Waals surface area (Å²) in [6.07, 6.45) is 2.14. The van der Waals surface area contributed by atoms with Gasteiger partial charge in [0.25, 0.3) is 0 Å². The van der Waals surface area contributed by atoms with Gasteiger partial charge in [-0.3, -0.25) is 0 Å². The minimum absolute atomic E-state index is 0.101. The molecule has 2 rings (SSSR count). The van der Waals surface area contributed by atoms with Crippen molar-refractivity contribution in [2.24, 2.45) is 0 Å². The van der Waals surface area contributed by atoms with Crippen LogP contribution in [0.2, 0.25) is 10.0 Å². The molecule has 94 valence electrons. The average Bonchev–Trinajstić information content (AvgIpc) is 2.66. The van der Waals surface area contributed by atoms with Crippen LogP contribution in [0.15, 0.2) is 10.5 Å². The summed E-state index contributed by atoms with van der Waals surface area (Å²) in [4.78, 5) is 0. The van der Waals surface area contributed by atoms with Gasteiger partial charge in [-0.15, -0.1) is 0 Å². The van der Waals surface area contributed by atoms with Crippen molar-refractivity contribution in [3.8, 4) is 5.75 Å². The van der Waals surface area contributed by atoms with Crippen molar-refractivity contribution in [1.82, 2.24) is 5.32 Å². The number of hydrogen-bond donors (Lipinski definition) is 1. The van der Waals surface area contributed by atoms with E-state index in [1.807, 2.05) is 7.05 Å². The number of rotatable bonds is 3. The summed E-state index contributed by atoms with van der Waals surface area (Å²) >= 11 is 15.9. The fourth-order valence-corrected chi connectivity index (χ4v) is 3.33. The predicted octanol–water partition coefficient (Wildman–Crippen LogP) is 4.58. The summed E-state index contributed by atoms with van der Waals surface area (Å²) in [5.74, 6) is 0.720. The molecule has 0 aromatic heterocycles. The molecule has 0 saturated carbocycles. The molecule has 5 heteroatoms. The SMILES string of the molecule is CCCC1Oc2c(Cl)cc(Br)c(Cl)c2C1NC. The van der Waals surface area contributed by atoms with Gasteiger partial charge in [-0.25, -0.2) is 0 Å². The second kappa shape index (κ2) is 5.35. The van der Waals surface area contributed by atoms with Crippen LogP contribution in [-0.2, 0) is 0 Å². The maximum absolute atomic E-state index is 6.32. The zero-order valence-electron chi connectivity index (χ0n) is 9.69. The van der Waals surface area contributed by atoms with Crippen molar-refractivity contribution in [2.45, 2.75) is 31.9 Å². The van der Waals surface area contributed by atoms with Crippen molar-refractivity contribution in [3.63, 3.8) is 0 Å². The Morgan fingerprint density at radius 3 is 2.76 bits per heavy atom. The first kappa shape index (κ1) is 13.5. The Balaban J connectivity index is 2.49. The molecule has 1 aliphatic rings. The first-order valence-electron chi connectivity index (χ1n) is 5.61. The molecule has 1 aromatic rings. The molecule has 0 bridgehead atoms. The molecule has 1 aromatic carbocycles. The fraction of sp³-hybridized carbons (Fsp3) is 0.500. The van der Waals surface area contributed by atoms with Crippen LogP contribution >= 0.6 is 39.1 Å². The largest absolute Gasteiger partial charge is 0.486 e. The molecule has 2 nitrogen and oxygen atoms in total. The highest BCUT2D eigenvalue weighted by molar-refractivity contribution is 9.10. The molecule has 0 amide bonds. The van der Waals surface area contributed by atoms with Gasteiger partial charge in [0.05, 0.1) is 16.1 Å². The van der Waals surface area contributed by atoms with Crippen LogP contribution in [0, 0.1) is 0 Å². The monoisotopic (exact) mass is 337 g/mol. The van der Waals surface area contributed by atoms with Crippen molar-refractivity contribution >= 4 is 39.1 Å². The second-order valence-corrected chi connectivity index (χ2v) is 5.75. The van der Waals surface area contributed by atoms with E-state index in [1.165, 1.54) is 0 Å². The van der Waals surface area contributed by atoms with Crippen LogP contribution in [0.4, 0.5) is 0 Å². The summed E-state index contributed by atoms with van der Waals surface area (Å²) in [6, 6.07) is 1.89. The Hall–Kier alpha value is 0.0400. The van der Waals surface area contributed by atoms with Gasteiger partial charge >= 0.3 is 0 Å². The lowest BCUT2D eigenvalue weighted by atomic mass is 10.0. The number of nitrogens with one attached hydrogen (secondary N) is 1. The number of hydrogen-bond acceptors (Lipinski definition) is 2. The van der Waals surface area contributed by atoms with Gasteiger partial charge in [0, 0.05) is 10.0 Å². The Morgan fingerprint density at radius 2 is 2.18 bits per heavy atom. The molecular formula is C12H14BrCl2NO. The van der Waals surface area contributed by atoms with Crippen LogP contribution in [0.25, 0.3) is 0 Å². The van der Waals surface area contributed by atoms with E-state index in [9.17, 15) is 0 Å². The predicted molar refractivity (Wildman–Crippen MR) is 75.3 cm³/mol. The lowest BCUT2D eigenvalue weighted by molar-refractivity contribution is 0.182. The molecule has 2 unspecified atom stereocenters. The molecule has 0 saturated heterocycles. The zero-order valence-corrected chi connectivity index (χ0v) is 12.8. The number of ether oxygens (including phenoxy) is 1. The highest BCUT2D eigenvalue weighted by Crippen LogP contribution is 2.49. The van der Waals surface area contributed by atoms with Crippen molar-refractivity contribution in [1.29, 1.82) is 0 Å². The van der Waals surface area contributed by atoms with E-state index < -0.39 is 0 Å². The maximum atomic E-state index is 6.32. The molecule has 1 aliphatic heterocycles. The third-order valence-electron chi connectivity index (χ3n) is 3.00. The zero-order chi connectivity index (χ0) is 12.6. The van der Waals surface area contributed by atoms with Crippen LogP contribution in [-0.4, -0.2) is 13.2 Å². The van der Waals surface area contributed by atoms with Gasteiger partial charge in [-0.05, 0) is 35.5 Å². The number of fused-ring (bicyclic) bond motifs is 1. The van der Waals surface area contributed by atoms with Gasteiger partial charge in [-0.1, -0.05) is 36.5 Å². The third-order valence-corrected chi connectivity index (χ3v) is 4.54. The Bertz CT molecular complexity index is 439. The second-order valence-electron chi connectivity index (χ2n) is 4.11. The Kier molecular flexibility index (Phi) is 4.24. The number of likely N-dealkylation sites (N-methyl/N-ethyl adjacent to an activating group) is 1. The van der Waals surface area contributed by atoms with Crippen molar-refractivity contribution < 1.29 is 4.74 Å². The van der Waals surface area contributed by atoms with Crippen molar-refractivity contribution in [2.75, 3.05) is 7.05 Å². The van der Waals surface area contributed by atoms with E-state index in [0.29, 0.717) is 10.0 Å². The molecule has 0 radical (unpaired) electrons. The molecule has 17 heavy (non-hydrogen) atoms. The highest BCUT2D eigenvalue weighted by atomic mass is 79.9. The summed E-state index contributed by atoms with van der Waals surface area (Å²) in [5, 5.41) is 4.55. The Morgan fingerprint density at radius 1 is 1.47 bits per heavy atom. The third kappa shape index (κ3) is 2.30. The van der Waals surface area contributed by atoms with Gasteiger partial charge in [0.2, 0.25) is 0 Å². The molecule has 1 N–H and O–H groups in total. The molecule has 2 atom stereocenters. The van der Waals surface area contributed by atoms with Gasteiger partial charge in [-0.2, -0.15) is 0 Å². The molecule has 0 aliphatic carbocycles. The standard InChI is InChI=1S/C12H14BrCl2NO/c1-3-4-8-11(16-2)9-10(15)6(13)5-7(14)12(9)17-8/h5,8,11,16H,3-4H2,1-2H3. The van der Waals surface area contributed by atoms with Crippen molar-refractivity contribution in [3.05, 3.63) is 26.1 Å². The van der Waals surface area contributed by atoms with Crippen LogP contribution in [0.1, 0.15) is 31.4 Å². The van der Waals surface area contributed by atoms with E-state index in [-0.39, 0.29) is 12.1 Å². The van der Waals surface area contributed by atoms with E-state index in [0.717, 1.165) is 28.6 Å². The van der Waals surface area contributed by atoms with E-state index >= 15 is 0 Å². The Labute approximate surface area is 120 Å². The van der Waals surface area contributed by atoms with E-state index in [2.05, 4.69) is 28.2 Å². The highest BCUT2D eigenvalue weighted by Gasteiger charge is 2.36. The van der Waals surface area contributed by atoms with Crippen LogP contribution < -0.4 is 10.1 Å². The van der Waals surface area contributed by atoms with Crippen LogP contribution in [0.5, 0.6) is 5.75 Å². The summed E-state index contributed by atoms with van der Waals surface area (Å²) in [5.41, 5.74) is 0.965. The lowest BCUT2D eigenvalue weighted by Crippen LogP contribution is -2.28. The van der Waals surface area contributed by atoms with E-state index in [4.69, 9.17) is 27.9 Å². The maximum Gasteiger partial charge on any atom is 0.144 e. The van der Waals surface area contributed by atoms with Gasteiger partial charge < -0.3 is 10.1 Å². The van der Waals surface area contributed by atoms with Gasteiger partial charge in [0.15, 0.2) is 0 Å². The molecule has 1 heterocycles. The molecular weight excluding hydrogens is 325 g/mol. The number of halogens is 3. The average molecular weight is 339 g/mol. The summed E-state index contributed by atoms with van der Waals surface area (Å²) in [7, 11) is 1.91.